The molecule has 0 radical (unpaired) electrons. The molecule has 1 atom stereocenters. The van der Waals surface area contributed by atoms with Gasteiger partial charge in [0, 0.05) is 16.1 Å². The van der Waals surface area contributed by atoms with Crippen molar-refractivity contribution >= 4 is 15.9 Å². The van der Waals surface area contributed by atoms with Gasteiger partial charge >= 0.3 is 0 Å². The van der Waals surface area contributed by atoms with Crippen LogP contribution in [0.3, 0.4) is 0 Å². The van der Waals surface area contributed by atoms with E-state index in [1.807, 2.05) is 42.5 Å². The van der Waals surface area contributed by atoms with Crippen LogP contribution in [0.4, 0.5) is 0 Å². The highest BCUT2D eigenvalue weighted by atomic mass is 79.9. The van der Waals surface area contributed by atoms with Crippen LogP contribution in [0.15, 0.2) is 46.9 Å². The molecule has 0 aliphatic heterocycles. The monoisotopic (exact) mass is 335 g/mol. The zero-order chi connectivity index (χ0) is 14.5. The van der Waals surface area contributed by atoms with Crippen LogP contribution in [-0.4, -0.2) is 14.2 Å². The molecule has 0 heterocycles. The van der Waals surface area contributed by atoms with Crippen molar-refractivity contribution < 1.29 is 9.47 Å². The normalized spacial score (nSPS) is 12.0. The fourth-order valence-corrected chi connectivity index (χ4v) is 2.59. The Hall–Kier alpha value is -1.52. The molecular weight excluding hydrogens is 318 g/mol. The van der Waals surface area contributed by atoms with Crippen LogP contribution in [0.2, 0.25) is 0 Å². The molecular formula is C16H18BrNO2. The van der Waals surface area contributed by atoms with Gasteiger partial charge < -0.3 is 15.2 Å². The van der Waals surface area contributed by atoms with E-state index < -0.39 is 0 Å². The minimum Gasteiger partial charge on any atom is -0.496 e. The third-order valence-corrected chi connectivity index (χ3v) is 3.72. The number of nitrogens with two attached hydrogens (primary N) is 1. The molecule has 2 rings (SSSR count). The van der Waals surface area contributed by atoms with E-state index in [9.17, 15) is 0 Å². The topological polar surface area (TPSA) is 44.5 Å². The Morgan fingerprint density at radius 2 is 1.75 bits per heavy atom. The molecule has 2 aromatic rings. The van der Waals surface area contributed by atoms with E-state index in [2.05, 4.69) is 15.9 Å². The highest BCUT2D eigenvalue weighted by Crippen LogP contribution is 2.31. The van der Waals surface area contributed by atoms with E-state index in [0.29, 0.717) is 6.42 Å². The van der Waals surface area contributed by atoms with E-state index >= 15 is 0 Å². The molecule has 0 saturated carbocycles. The van der Waals surface area contributed by atoms with Gasteiger partial charge in [-0.1, -0.05) is 34.1 Å². The number of benzene rings is 2. The maximum Gasteiger partial charge on any atom is 0.123 e. The van der Waals surface area contributed by atoms with E-state index in [1.165, 1.54) is 0 Å². The number of ether oxygens (including phenoxy) is 2. The van der Waals surface area contributed by atoms with Gasteiger partial charge in [0.15, 0.2) is 0 Å². The second-order valence-corrected chi connectivity index (χ2v) is 5.42. The largest absolute Gasteiger partial charge is 0.496 e. The fraction of sp³-hybridized carbons (Fsp3) is 0.250. The molecule has 2 N–H and O–H groups in total. The summed E-state index contributed by atoms with van der Waals surface area (Å²) in [5.74, 6) is 1.66. The second kappa shape index (κ2) is 6.77. The Morgan fingerprint density at radius 1 is 1.05 bits per heavy atom. The van der Waals surface area contributed by atoms with Crippen molar-refractivity contribution in [1.29, 1.82) is 0 Å². The van der Waals surface area contributed by atoms with Gasteiger partial charge in [-0.15, -0.1) is 0 Å². The first-order chi connectivity index (χ1) is 9.65. The van der Waals surface area contributed by atoms with E-state index in [-0.39, 0.29) is 6.04 Å². The van der Waals surface area contributed by atoms with Crippen molar-refractivity contribution in [2.24, 2.45) is 5.73 Å². The quantitative estimate of drug-likeness (QED) is 0.905. The van der Waals surface area contributed by atoms with Crippen LogP contribution in [0.25, 0.3) is 0 Å². The Bertz CT molecular complexity index is 586. The van der Waals surface area contributed by atoms with E-state index in [4.69, 9.17) is 15.2 Å². The van der Waals surface area contributed by atoms with Crippen molar-refractivity contribution in [3.63, 3.8) is 0 Å². The van der Waals surface area contributed by atoms with Crippen LogP contribution >= 0.6 is 15.9 Å². The first kappa shape index (κ1) is 14.9. The smallest absolute Gasteiger partial charge is 0.123 e. The molecule has 0 aliphatic carbocycles. The first-order valence-electron chi connectivity index (χ1n) is 6.36. The Kier molecular flexibility index (Phi) is 5.04. The third kappa shape index (κ3) is 3.32. The fourth-order valence-electron chi connectivity index (χ4n) is 2.21. The molecule has 0 aliphatic rings. The molecule has 106 valence electrons. The van der Waals surface area contributed by atoms with Crippen molar-refractivity contribution in [3.8, 4) is 11.5 Å². The Labute approximate surface area is 127 Å². The first-order valence-corrected chi connectivity index (χ1v) is 7.16. The summed E-state index contributed by atoms with van der Waals surface area (Å²) < 4.78 is 11.7. The molecule has 0 bridgehead atoms. The number of hydrogen-bond acceptors (Lipinski definition) is 3. The Balaban J connectivity index is 2.28. The molecule has 0 saturated heterocycles. The zero-order valence-electron chi connectivity index (χ0n) is 11.6. The number of methoxy groups -OCH3 is 2. The summed E-state index contributed by atoms with van der Waals surface area (Å²) in [7, 11) is 3.33. The maximum absolute atomic E-state index is 6.34. The van der Waals surface area contributed by atoms with Gasteiger partial charge in [-0.2, -0.15) is 0 Å². The summed E-state index contributed by atoms with van der Waals surface area (Å²) in [6, 6.07) is 13.6. The van der Waals surface area contributed by atoms with Gasteiger partial charge in [-0.05, 0) is 36.2 Å². The molecule has 0 fully saturated rings. The number of para-hydroxylation sites is 1. The number of halogens is 1. The van der Waals surface area contributed by atoms with E-state index in [0.717, 1.165) is 27.1 Å². The summed E-state index contributed by atoms with van der Waals surface area (Å²) >= 11 is 3.47. The Morgan fingerprint density at radius 3 is 2.45 bits per heavy atom. The van der Waals surface area contributed by atoms with Crippen molar-refractivity contribution in [2.75, 3.05) is 14.2 Å². The second-order valence-electron chi connectivity index (χ2n) is 4.51. The average Bonchev–Trinajstić information content (AvgIpc) is 2.47. The van der Waals surface area contributed by atoms with Gasteiger partial charge in [0.05, 0.1) is 14.2 Å². The molecule has 4 heteroatoms. The van der Waals surface area contributed by atoms with Crippen molar-refractivity contribution in [3.05, 3.63) is 58.1 Å². The standard InChI is InChI=1S/C16H18BrNO2/c1-19-15-6-4-3-5-11(15)9-14(18)13-10-12(17)7-8-16(13)20-2/h3-8,10,14H,9,18H2,1-2H3. The predicted octanol–water partition coefficient (Wildman–Crippen LogP) is 3.71. The van der Waals surface area contributed by atoms with Gasteiger partial charge in [-0.3, -0.25) is 0 Å². The SMILES string of the molecule is COc1ccccc1CC(N)c1cc(Br)ccc1OC. The average molecular weight is 336 g/mol. The summed E-state index contributed by atoms with van der Waals surface area (Å²) in [4.78, 5) is 0. The molecule has 0 amide bonds. The lowest BCUT2D eigenvalue weighted by molar-refractivity contribution is 0.400. The van der Waals surface area contributed by atoms with Crippen LogP contribution in [-0.2, 0) is 6.42 Å². The van der Waals surface area contributed by atoms with Crippen molar-refractivity contribution in [2.45, 2.75) is 12.5 Å². The maximum atomic E-state index is 6.34. The molecule has 2 aromatic carbocycles. The molecule has 1 unspecified atom stereocenters. The summed E-state index contributed by atoms with van der Waals surface area (Å²) in [5, 5.41) is 0. The molecule has 0 aromatic heterocycles. The highest BCUT2D eigenvalue weighted by molar-refractivity contribution is 9.10. The van der Waals surface area contributed by atoms with Crippen LogP contribution in [0.5, 0.6) is 11.5 Å². The molecule has 20 heavy (non-hydrogen) atoms. The summed E-state index contributed by atoms with van der Waals surface area (Å²) in [6.45, 7) is 0. The zero-order valence-corrected chi connectivity index (χ0v) is 13.2. The molecule has 0 spiro atoms. The predicted molar refractivity (Wildman–Crippen MR) is 84.3 cm³/mol. The van der Waals surface area contributed by atoms with E-state index in [1.54, 1.807) is 14.2 Å². The lowest BCUT2D eigenvalue weighted by atomic mass is 9.98. The van der Waals surface area contributed by atoms with Crippen LogP contribution < -0.4 is 15.2 Å². The highest BCUT2D eigenvalue weighted by Gasteiger charge is 2.15. The summed E-state index contributed by atoms with van der Waals surface area (Å²) in [5.41, 5.74) is 8.41. The van der Waals surface area contributed by atoms with Crippen LogP contribution in [0, 0.1) is 0 Å². The van der Waals surface area contributed by atoms with Gasteiger partial charge in [-0.25, -0.2) is 0 Å². The number of rotatable bonds is 5. The third-order valence-electron chi connectivity index (χ3n) is 3.22. The number of hydrogen-bond donors (Lipinski definition) is 1. The van der Waals surface area contributed by atoms with Gasteiger partial charge in [0.2, 0.25) is 0 Å². The molecule has 3 nitrogen and oxygen atoms in total. The lowest BCUT2D eigenvalue weighted by Gasteiger charge is -2.17. The van der Waals surface area contributed by atoms with Gasteiger partial charge in [0.25, 0.3) is 0 Å². The van der Waals surface area contributed by atoms with Gasteiger partial charge in [0.1, 0.15) is 11.5 Å². The minimum absolute atomic E-state index is 0.154. The van der Waals surface area contributed by atoms with Crippen molar-refractivity contribution in [1.82, 2.24) is 0 Å². The summed E-state index contributed by atoms with van der Waals surface area (Å²) in [6.07, 6.45) is 0.691. The minimum atomic E-state index is -0.154. The van der Waals surface area contributed by atoms with Crippen LogP contribution in [0.1, 0.15) is 17.2 Å². The lowest BCUT2D eigenvalue weighted by Crippen LogP contribution is -2.15.